The molecule has 4 rings (SSSR count). The number of hydrogen-bond donors (Lipinski definition) is 0. The molecular weight excluding hydrogens is 296 g/mol. The Bertz CT molecular complexity index is 895. The summed E-state index contributed by atoms with van der Waals surface area (Å²) in [5.74, 6) is 0. The molecule has 0 atom stereocenters. The molecule has 0 amide bonds. The number of rotatable bonds is 3. The Hall–Kier alpha value is -2.51. The molecule has 0 aliphatic carbocycles. The average molecular weight is 312 g/mol. The minimum absolute atomic E-state index is 0.203. The van der Waals surface area contributed by atoms with Crippen LogP contribution in [0.4, 0.5) is 0 Å². The van der Waals surface area contributed by atoms with Gasteiger partial charge in [-0.1, -0.05) is 18.2 Å². The number of para-hydroxylation sites is 1. The van der Waals surface area contributed by atoms with Crippen LogP contribution in [0.1, 0.15) is 5.69 Å². The first kappa shape index (κ1) is 14.1. The van der Waals surface area contributed by atoms with Crippen LogP contribution in [-0.2, 0) is 16.0 Å². The van der Waals surface area contributed by atoms with Crippen LogP contribution in [0.3, 0.4) is 0 Å². The van der Waals surface area contributed by atoms with E-state index >= 15 is 0 Å². The Balaban J connectivity index is 1.87. The van der Waals surface area contributed by atoms with Gasteiger partial charge < -0.3 is 9.47 Å². The van der Waals surface area contributed by atoms with Crippen LogP contribution >= 0.6 is 0 Å². The topological polar surface area (TPSA) is 71.2 Å². The number of benzene rings is 1. The van der Waals surface area contributed by atoms with Gasteiger partial charge in [0, 0.05) is 5.39 Å². The van der Waals surface area contributed by atoms with Crippen LogP contribution in [0.2, 0.25) is 0 Å². The Morgan fingerprint density at radius 2 is 1.96 bits per heavy atom. The van der Waals surface area contributed by atoms with E-state index in [-0.39, 0.29) is 12.1 Å². The molecule has 3 heterocycles. The Labute approximate surface area is 132 Å². The third-order valence-electron chi connectivity index (χ3n) is 3.88. The molecule has 0 spiro atoms. The van der Waals surface area contributed by atoms with Crippen molar-refractivity contribution in [2.45, 2.75) is 19.8 Å². The van der Waals surface area contributed by atoms with Gasteiger partial charge in [0.15, 0.2) is 6.29 Å². The lowest BCUT2D eigenvalue weighted by Crippen LogP contribution is -2.31. The molecule has 0 saturated carbocycles. The van der Waals surface area contributed by atoms with Crippen molar-refractivity contribution in [3.8, 4) is 5.69 Å². The fourth-order valence-electron chi connectivity index (χ4n) is 2.76. The SMILES string of the molecule is Cc1nn(CC2OCCO2)c(=O)c2c1cnn2-c1ccccc1. The van der Waals surface area contributed by atoms with Crippen LogP contribution < -0.4 is 5.56 Å². The monoisotopic (exact) mass is 312 g/mol. The first-order chi connectivity index (χ1) is 11.2. The van der Waals surface area contributed by atoms with Crippen LogP contribution in [-0.4, -0.2) is 39.1 Å². The third-order valence-corrected chi connectivity index (χ3v) is 3.88. The highest BCUT2D eigenvalue weighted by Gasteiger charge is 2.20. The maximum atomic E-state index is 12.9. The van der Waals surface area contributed by atoms with Crippen molar-refractivity contribution in [3.05, 3.63) is 52.6 Å². The standard InChI is InChI=1S/C16H16N4O3/c1-11-13-9-17-20(12-5-3-2-4-6-12)15(13)16(21)19(18-11)10-14-22-7-8-23-14/h2-6,9,14H,7-8,10H2,1H3. The fourth-order valence-corrected chi connectivity index (χ4v) is 2.76. The van der Waals surface area contributed by atoms with Crippen LogP contribution in [0.15, 0.2) is 41.3 Å². The zero-order valence-corrected chi connectivity index (χ0v) is 12.7. The van der Waals surface area contributed by atoms with Gasteiger partial charge in [0.25, 0.3) is 5.56 Å². The van der Waals surface area contributed by atoms with E-state index in [4.69, 9.17) is 9.47 Å². The molecule has 1 fully saturated rings. The minimum Gasteiger partial charge on any atom is -0.348 e. The van der Waals surface area contributed by atoms with Gasteiger partial charge in [0.2, 0.25) is 0 Å². The van der Waals surface area contributed by atoms with E-state index in [9.17, 15) is 4.79 Å². The van der Waals surface area contributed by atoms with Gasteiger partial charge in [-0.2, -0.15) is 10.2 Å². The molecule has 2 aromatic heterocycles. The molecule has 3 aromatic rings. The first-order valence-corrected chi connectivity index (χ1v) is 7.48. The molecule has 0 bridgehead atoms. The lowest BCUT2D eigenvalue weighted by molar-refractivity contribution is -0.0553. The summed E-state index contributed by atoms with van der Waals surface area (Å²) >= 11 is 0. The molecule has 0 unspecified atom stereocenters. The summed E-state index contributed by atoms with van der Waals surface area (Å²) in [5.41, 5.74) is 1.90. The van der Waals surface area contributed by atoms with Crippen molar-refractivity contribution >= 4 is 10.9 Å². The predicted molar refractivity (Wildman–Crippen MR) is 83.6 cm³/mol. The van der Waals surface area contributed by atoms with Crippen molar-refractivity contribution < 1.29 is 9.47 Å². The van der Waals surface area contributed by atoms with Crippen molar-refractivity contribution in [1.82, 2.24) is 19.6 Å². The molecular formula is C16H16N4O3. The maximum Gasteiger partial charge on any atom is 0.293 e. The number of ether oxygens (including phenoxy) is 2. The average Bonchev–Trinajstić information content (AvgIpc) is 3.23. The van der Waals surface area contributed by atoms with Gasteiger partial charge in [0.05, 0.1) is 37.3 Å². The van der Waals surface area contributed by atoms with Gasteiger partial charge in [0.1, 0.15) is 5.52 Å². The van der Waals surface area contributed by atoms with Crippen LogP contribution in [0, 0.1) is 6.92 Å². The lowest BCUT2D eigenvalue weighted by atomic mass is 10.2. The van der Waals surface area contributed by atoms with E-state index in [1.807, 2.05) is 37.3 Å². The molecule has 23 heavy (non-hydrogen) atoms. The summed E-state index contributed by atoms with van der Waals surface area (Å²) in [5, 5.41) is 9.48. The quantitative estimate of drug-likeness (QED) is 0.728. The molecule has 0 N–H and O–H groups in total. The highest BCUT2D eigenvalue weighted by Crippen LogP contribution is 2.17. The van der Waals surface area contributed by atoms with E-state index in [0.717, 1.165) is 16.8 Å². The number of nitrogens with zero attached hydrogens (tertiary/aromatic N) is 4. The molecule has 7 nitrogen and oxygen atoms in total. The maximum absolute atomic E-state index is 12.9. The van der Waals surface area contributed by atoms with Crippen molar-refractivity contribution in [1.29, 1.82) is 0 Å². The lowest BCUT2D eigenvalue weighted by Gasteiger charge is -2.12. The Kier molecular flexibility index (Phi) is 3.44. The first-order valence-electron chi connectivity index (χ1n) is 7.48. The summed E-state index contributed by atoms with van der Waals surface area (Å²) < 4.78 is 13.9. The molecule has 1 aliphatic rings. The Morgan fingerprint density at radius 1 is 1.22 bits per heavy atom. The van der Waals surface area contributed by atoms with Gasteiger partial charge in [-0.3, -0.25) is 4.79 Å². The van der Waals surface area contributed by atoms with Crippen LogP contribution in [0.5, 0.6) is 0 Å². The van der Waals surface area contributed by atoms with E-state index in [2.05, 4.69) is 10.2 Å². The van der Waals surface area contributed by atoms with Gasteiger partial charge >= 0.3 is 0 Å². The second kappa shape index (κ2) is 5.60. The summed E-state index contributed by atoms with van der Waals surface area (Å²) in [4.78, 5) is 12.9. The molecule has 7 heteroatoms. The van der Waals surface area contributed by atoms with E-state index < -0.39 is 6.29 Å². The molecule has 1 aromatic carbocycles. The van der Waals surface area contributed by atoms with E-state index in [1.165, 1.54) is 4.68 Å². The van der Waals surface area contributed by atoms with Gasteiger partial charge in [-0.15, -0.1) is 0 Å². The van der Waals surface area contributed by atoms with Crippen molar-refractivity contribution in [2.75, 3.05) is 13.2 Å². The number of hydrogen-bond acceptors (Lipinski definition) is 5. The van der Waals surface area contributed by atoms with Gasteiger partial charge in [-0.05, 0) is 19.1 Å². The second-order valence-electron chi connectivity index (χ2n) is 5.40. The molecule has 0 radical (unpaired) electrons. The highest BCUT2D eigenvalue weighted by atomic mass is 16.7. The minimum atomic E-state index is -0.426. The van der Waals surface area contributed by atoms with Crippen molar-refractivity contribution in [2.24, 2.45) is 0 Å². The fraction of sp³-hybridized carbons (Fsp3) is 0.312. The smallest absolute Gasteiger partial charge is 0.293 e. The van der Waals surface area contributed by atoms with Crippen molar-refractivity contribution in [3.63, 3.8) is 0 Å². The molecule has 118 valence electrons. The molecule has 1 aliphatic heterocycles. The normalized spacial score (nSPS) is 15.5. The summed E-state index contributed by atoms with van der Waals surface area (Å²) in [7, 11) is 0. The second-order valence-corrected chi connectivity index (χ2v) is 5.40. The zero-order chi connectivity index (χ0) is 15.8. The van der Waals surface area contributed by atoms with Crippen LogP contribution in [0.25, 0.3) is 16.6 Å². The third kappa shape index (κ3) is 2.43. The summed E-state index contributed by atoms with van der Waals surface area (Å²) in [6.45, 7) is 3.23. The van der Waals surface area contributed by atoms with E-state index in [1.54, 1.807) is 10.9 Å². The largest absolute Gasteiger partial charge is 0.348 e. The number of aromatic nitrogens is 4. The number of fused-ring (bicyclic) bond motifs is 1. The van der Waals surface area contributed by atoms with Gasteiger partial charge in [-0.25, -0.2) is 9.36 Å². The summed E-state index contributed by atoms with van der Waals surface area (Å²) in [6, 6.07) is 9.57. The predicted octanol–water partition coefficient (Wildman–Crippen LogP) is 1.26. The highest BCUT2D eigenvalue weighted by molar-refractivity contribution is 5.81. The van der Waals surface area contributed by atoms with E-state index in [0.29, 0.717) is 18.7 Å². The molecule has 1 saturated heterocycles. The zero-order valence-electron chi connectivity index (χ0n) is 12.7. The summed E-state index contributed by atoms with van der Waals surface area (Å²) in [6.07, 6.45) is 1.25. The Morgan fingerprint density at radius 3 is 2.70 bits per heavy atom. The number of aryl methyl sites for hydroxylation is 1.